The average Bonchev–Trinajstić information content (AvgIpc) is 2.88. The highest BCUT2D eigenvalue weighted by Gasteiger charge is 2.30. The maximum atomic E-state index is 5.77. The Bertz CT molecular complexity index is 465. The minimum absolute atomic E-state index is 0.0000420. The van der Waals surface area contributed by atoms with E-state index in [4.69, 9.17) is 14.2 Å². The van der Waals surface area contributed by atoms with Gasteiger partial charge in [0.1, 0.15) is 5.75 Å². The summed E-state index contributed by atoms with van der Waals surface area (Å²) in [4.78, 5) is 0. The Labute approximate surface area is 128 Å². The molecule has 0 aromatic heterocycles. The van der Waals surface area contributed by atoms with Crippen LogP contribution in [0.1, 0.15) is 64.5 Å². The lowest BCUT2D eigenvalue weighted by Crippen LogP contribution is -2.20. The van der Waals surface area contributed by atoms with Gasteiger partial charge in [-0.1, -0.05) is 41.5 Å². The van der Waals surface area contributed by atoms with E-state index in [-0.39, 0.29) is 17.1 Å². The summed E-state index contributed by atoms with van der Waals surface area (Å²) in [5, 5.41) is 0. The fourth-order valence-electron chi connectivity index (χ4n) is 2.67. The van der Waals surface area contributed by atoms with Crippen LogP contribution in [0.25, 0.3) is 0 Å². The molecule has 0 radical (unpaired) electrons. The predicted octanol–water partition coefficient (Wildman–Crippen LogP) is 4.34. The molecule has 0 spiro atoms. The van der Waals surface area contributed by atoms with E-state index < -0.39 is 0 Å². The van der Waals surface area contributed by atoms with Gasteiger partial charge in [0.15, 0.2) is 6.29 Å². The van der Waals surface area contributed by atoms with Gasteiger partial charge < -0.3 is 14.2 Å². The number of hydrogen-bond donors (Lipinski definition) is 0. The van der Waals surface area contributed by atoms with Crippen LogP contribution in [0.2, 0.25) is 0 Å². The first kappa shape index (κ1) is 16.3. The molecule has 1 aromatic carbocycles. The van der Waals surface area contributed by atoms with Gasteiger partial charge in [0, 0.05) is 16.7 Å². The quantitative estimate of drug-likeness (QED) is 0.811. The van der Waals surface area contributed by atoms with Crippen LogP contribution in [0, 0.1) is 0 Å². The third-order valence-electron chi connectivity index (χ3n) is 3.83. The Morgan fingerprint density at radius 1 is 0.905 bits per heavy atom. The van der Waals surface area contributed by atoms with E-state index in [1.807, 2.05) is 0 Å². The van der Waals surface area contributed by atoms with Crippen molar-refractivity contribution in [3.8, 4) is 5.75 Å². The van der Waals surface area contributed by atoms with Gasteiger partial charge in [-0.05, 0) is 23.0 Å². The standard InChI is InChI=1S/C18H28O3/c1-17(2,3)13-10-12(16-20-8-9-21-16)11-14(15(13)19-7)18(4,5)6/h10-11,16H,8-9H2,1-7H3. The third-order valence-corrected chi connectivity index (χ3v) is 3.83. The van der Waals surface area contributed by atoms with Crippen molar-refractivity contribution in [2.75, 3.05) is 20.3 Å². The van der Waals surface area contributed by atoms with Crippen molar-refractivity contribution in [1.29, 1.82) is 0 Å². The molecule has 0 atom stereocenters. The Hall–Kier alpha value is -1.06. The molecule has 0 unspecified atom stereocenters. The largest absolute Gasteiger partial charge is 0.496 e. The van der Waals surface area contributed by atoms with Crippen LogP contribution in [0.15, 0.2) is 12.1 Å². The zero-order valence-electron chi connectivity index (χ0n) is 14.4. The van der Waals surface area contributed by atoms with E-state index in [0.29, 0.717) is 13.2 Å². The van der Waals surface area contributed by atoms with E-state index >= 15 is 0 Å². The minimum atomic E-state index is -0.252. The van der Waals surface area contributed by atoms with Crippen molar-refractivity contribution in [2.45, 2.75) is 58.7 Å². The number of benzene rings is 1. The van der Waals surface area contributed by atoms with Crippen LogP contribution in [0.4, 0.5) is 0 Å². The van der Waals surface area contributed by atoms with E-state index in [0.717, 1.165) is 11.3 Å². The first-order valence-corrected chi connectivity index (χ1v) is 7.60. The number of ether oxygens (including phenoxy) is 3. The maximum absolute atomic E-state index is 5.77. The molecule has 1 aliphatic heterocycles. The van der Waals surface area contributed by atoms with Crippen LogP contribution in [0.5, 0.6) is 5.75 Å². The molecular formula is C18H28O3. The monoisotopic (exact) mass is 292 g/mol. The highest BCUT2D eigenvalue weighted by molar-refractivity contribution is 5.51. The summed E-state index contributed by atoms with van der Waals surface area (Å²) in [6.07, 6.45) is -0.252. The van der Waals surface area contributed by atoms with E-state index in [1.54, 1.807) is 7.11 Å². The fourth-order valence-corrected chi connectivity index (χ4v) is 2.67. The number of methoxy groups -OCH3 is 1. The molecule has 1 aliphatic rings. The summed E-state index contributed by atoms with van der Waals surface area (Å²) in [5.74, 6) is 0.983. The molecule has 0 aliphatic carbocycles. The number of rotatable bonds is 2. The van der Waals surface area contributed by atoms with Crippen molar-refractivity contribution in [3.05, 3.63) is 28.8 Å². The van der Waals surface area contributed by atoms with Crippen LogP contribution < -0.4 is 4.74 Å². The second-order valence-electron chi connectivity index (χ2n) is 7.72. The molecule has 1 saturated heterocycles. The van der Waals surface area contributed by atoms with Crippen LogP contribution in [-0.2, 0) is 20.3 Å². The van der Waals surface area contributed by atoms with Gasteiger partial charge in [0.25, 0.3) is 0 Å². The van der Waals surface area contributed by atoms with Crippen LogP contribution >= 0.6 is 0 Å². The normalized spacial score (nSPS) is 17.3. The van der Waals surface area contributed by atoms with Gasteiger partial charge >= 0.3 is 0 Å². The Balaban J connectivity index is 2.64. The molecule has 3 heteroatoms. The molecule has 1 aromatic rings. The minimum Gasteiger partial charge on any atom is -0.496 e. The maximum Gasteiger partial charge on any atom is 0.184 e. The molecule has 21 heavy (non-hydrogen) atoms. The second-order valence-corrected chi connectivity index (χ2v) is 7.72. The zero-order chi connectivity index (χ0) is 15.8. The van der Waals surface area contributed by atoms with Crippen LogP contribution in [0.3, 0.4) is 0 Å². The Morgan fingerprint density at radius 3 is 1.67 bits per heavy atom. The van der Waals surface area contributed by atoms with Gasteiger partial charge in [0.05, 0.1) is 20.3 Å². The van der Waals surface area contributed by atoms with E-state index in [9.17, 15) is 0 Å². The third kappa shape index (κ3) is 3.41. The Morgan fingerprint density at radius 2 is 1.33 bits per heavy atom. The molecule has 1 heterocycles. The molecule has 0 saturated carbocycles. The lowest BCUT2D eigenvalue weighted by atomic mass is 9.78. The van der Waals surface area contributed by atoms with Gasteiger partial charge in [-0.3, -0.25) is 0 Å². The van der Waals surface area contributed by atoms with Crippen molar-refractivity contribution in [2.24, 2.45) is 0 Å². The molecule has 118 valence electrons. The summed E-state index contributed by atoms with van der Waals surface area (Å²) in [7, 11) is 1.75. The molecular weight excluding hydrogens is 264 g/mol. The van der Waals surface area contributed by atoms with Crippen LogP contribution in [-0.4, -0.2) is 20.3 Å². The summed E-state index contributed by atoms with van der Waals surface area (Å²) in [6, 6.07) is 4.34. The van der Waals surface area contributed by atoms with E-state index in [2.05, 4.69) is 53.7 Å². The highest BCUT2D eigenvalue weighted by Crippen LogP contribution is 2.42. The second kappa shape index (κ2) is 5.62. The molecule has 1 fully saturated rings. The van der Waals surface area contributed by atoms with Crippen molar-refractivity contribution >= 4 is 0 Å². The lowest BCUT2D eigenvalue weighted by molar-refractivity contribution is -0.0443. The Kier molecular flexibility index (Phi) is 4.36. The van der Waals surface area contributed by atoms with E-state index in [1.165, 1.54) is 11.1 Å². The smallest absolute Gasteiger partial charge is 0.184 e. The van der Waals surface area contributed by atoms with Crippen molar-refractivity contribution in [3.63, 3.8) is 0 Å². The average molecular weight is 292 g/mol. The van der Waals surface area contributed by atoms with Gasteiger partial charge in [0.2, 0.25) is 0 Å². The lowest BCUT2D eigenvalue weighted by Gasteiger charge is -2.30. The summed E-state index contributed by atoms with van der Waals surface area (Å²) in [6.45, 7) is 14.6. The topological polar surface area (TPSA) is 27.7 Å². The summed E-state index contributed by atoms with van der Waals surface area (Å²) in [5.41, 5.74) is 3.49. The molecule has 0 amide bonds. The molecule has 0 bridgehead atoms. The van der Waals surface area contributed by atoms with Crippen molar-refractivity contribution < 1.29 is 14.2 Å². The molecule has 0 N–H and O–H groups in total. The first-order valence-electron chi connectivity index (χ1n) is 7.60. The summed E-state index contributed by atoms with van der Waals surface area (Å²) >= 11 is 0. The first-order chi connectivity index (χ1) is 9.64. The van der Waals surface area contributed by atoms with Gasteiger partial charge in [-0.2, -0.15) is 0 Å². The van der Waals surface area contributed by atoms with Gasteiger partial charge in [-0.15, -0.1) is 0 Å². The van der Waals surface area contributed by atoms with Crippen molar-refractivity contribution in [1.82, 2.24) is 0 Å². The highest BCUT2D eigenvalue weighted by atomic mass is 16.7. The zero-order valence-corrected chi connectivity index (χ0v) is 14.4. The van der Waals surface area contributed by atoms with Gasteiger partial charge in [-0.25, -0.2) is 0 Å². The molecule has 2 rings (SSSR count). The predicted molar refractivity (Wildman–Crippen MR) is 85.0 cm³/mol. The SMILES string of the molecule is COc1c(C(C)(C)C)cc(C2OCCO2)cc1C(C)(C)C. The summed E-state index contributed by atoms with van der Waals surface area (Å²) < 4.78 is 17.1. The molecule has 3 nitrogen and oxygen atoms in total. The fraction of sp³-hybridized carbons (Fsp3) is 0.667. The number of hydrogen-bond acceptors (Lipinski definition) is 3.